The molecule has 0 saturated heterocycles. The highest BCUT2D eigenvalue weighted by atomic mass is 32.2. The van der Waals surface area contributed by atoms with Crippen molar-refractivity contribution in [3.05, 3.63) is 32.4 Å². The van der Waals surface area contributed by atoms with Gasteiger partial charge in [-0.3, -0.25) is 9.36 Å². The lowest BCUT2D eigenvalue weighted by Crippen LogP contribution is -2.21. The standard InChI is InChI=1S/C11H13N3O3S2/c1-6-3-4-8(19-6)7(2)14-10(17)12-13-11(14)18-5-9(15)16/h3-4,7H,5H2,1-2H3,(H,12,17)(H,15,16). The largest absolute Gasteiger partial charge is 0.481 e. The van der Waals surface area contributed by atoms with Crippen LogP contribution in [0.25, 0.3) is 0 Å². The highest BCUT2D eigenvalue weighted by molar-refractivity contribution is 7.99. The number of H-pyrrole nitrogens is 1. The molecule has 1 atom stereocenters. The van der Waals surface area contributed by atoms with Crippen LogP contribution in [0, 0.1) is 6.92 Å². The highest BCUT2D eigenvalue weighted by Crippen LogP contribution is 2.27. The van der Waals surface area contributed by atoms with Gasteiger partial charge in [0.25, 0.3) is 0 Å². The Morgan fingerprint density at radius 1 is 1.63 bits per heavy atom. The second-order valence-corrected chi connectivity index (χ2v) is 6.25. The number of nitrogens with one attached hydrogen (secondary N) is 1. The van der Waals surface area contributed by atoms with Crippen LogP contribution in [0.5, 0.6) is 0 Å². The van der Waals surface area contributed by atoms with Gasteiger partial charge in [-0.1, -0.05) is 11.8 Å². The summed E-state index contributed by atoms with van der Waals surface area (Å²) in [6, 6.07) is 3.79. The molecule has 1 unspecified atom stereocenters. The van der Waals surface area contributed by atoms with E-state index in [1.165, 1.54) is 4.57 Å². The number of aryl methyl sites for hydroxylation is 1. The van der Waals surface area contributed by atoms with Gasteiger partial charge in [0.1, 0.15) is 0 Å². The van der Waals surface area contributed by atoms with Crippen LogP contribution in [0.2, 0.25) is 0 Å². The minimum atomic E-state index is -0.938. The summed E-state index contributed by atoms with van der Waals surface area (Å²) in [5.74, 6) is -1.06. The lowest BCUT2D eigenvalue weighted by molar-refractivity contribution is -0.133. The molecular weight excluding hydrogens is 286 g/mol. The average molecular weight is 299 g/mol. The zero-order chi connectivity index (χ0) is 14.0. The first-order valence-corrected chi connectivity index (χ1v) is 7.37. The molecule has 0 bridgehead atoms. The van der Waals surface area contributed by atoms with E-state index in [0.29, 0.717) is 5.16 Å². The fourth-order valence-corrected chi connectivity index (χ4v) is 3.33. The van der Waals surface area contributed by atoms with Crippen molar-refractivity contribution >= 4 is 29.1 Å². The quantitative estimate of drug-likeness (QED) is 0.821. The van der Waals surface area contributed by atoms with Gasteiger partial charge < -0.3 is 5.11 Å². The van der Waals surface area contributed by atoms with Gasteiger partial charge >= 0.3 is 11.7 Å². The van der Waals surface area contributed by atoms with E-state index in [2.05, 4.69) is 10.2 Å². The van der Waals surface area contributed by atoms with Gasteiger partial charge in [0.2, 0.25) is 0 Å². The molecule has 2 aromatic heterocycles. The van der Waals surface area contributed by atoms with Crippen LogP contribution in [0.1, 0.15) is 22.7 Å². The number of aromatic nitrogens is 3. The molecule has 0 amide bonds. The van der Waals surface area contributed by atoms with Crippen LogP contribution in [0.4, 0.5) is 0 Å². The third kappa shape index (κ3) is 3.07. The fourth-order valence-electron chi connectivity index (χ4n) is 1.67. The maximum atomic E-state index is 11.8. The Morgan fingerprint density at radius 2 is 2.37 bits per heavy atom. The van der Waals surface area contributed by atoms with Gasteiger partial charge in [-0.05, 0) is 26.0 Å². The van der Waals surface area contributed by atoms with Crippen molar-refractivity contribution in [1.29, 1.82) is 0 Å². The molecule has 0 aliphatic rings. The molecule has 2 rings (SSSR count). The molecule has 2 heterocycles. The molecule has 0 aliphatic heterocycles. The molecular formula is C11H13N3O3S2. The molecule has 0 aliphatic carbocycles. The monoisotopic (exact) mass is 299 g/mol. The number of aromatic amines is 1. The highest BCUT2D eigenvalue weighted by Gasteiger charge is 2.18. The summed E-state index contributed by atoms with van der Waals surface area (Å²) in [7, 11) is 0. The Hall–Kier alpha value is -1.54. The van der Waals surface area contributed by atoms with Crippen molar-refractivity contribution in [2.24, 2.45) is 0 Å². The van der Waals surface area contributed by atoms with E-state index in [1.54, 1.807) is 11.3 Å². The van der Waals surface area contributed by atoms with Crippen molar-refractivity contribution in [2.75, 3.05) is 5.75 Å². The topological polar surface area (TPSA) is 88.0 Å². The summed E-state index contributed by atoms with van der Waals surface area (Å²) in [4.78, 5) is 24.6. The van der Waals surface area contributed by atoms with Gasteiger partial charge in [0, 0.05) is 9.75 Å². The number of rotatable bonds is 5. The predicted molar refractivity (Wildman–Crippen MR) is 74.1 cm³/mol. The third-order valence-corrected chi connectivity index (χ3v) is 4.67. The number of carboxylic acids is 1. The molecule has 0 spiro atoms. The summed E-state index contributed by atoms with van der Waals surface area (Å²) < 4.78 is 1.48. The molecule has 0 radical (unpaired) electrons. The van der Waals surface area contributed by atoms with E-state index in [9.17, 15) is 9.59 Å². The number of carboxylic acid groups (broad SMARTS) is 1. The molecule has 2 aromatic rings. The van der Waals surface area contributed by atoms with Crippen molar-refractivity contribution in [1.82, 2.24) is 14.8 Å². The van der Waals surface area contributed by atoms with Crippen LogP contribution in [-0.4, -0.2) is 31.6 Å². The minimum Gasteiger partial charge on any atom is -0.481 e. The van der Waals surface area contributed by atoms with Crippen LogP contribution in [-0.2, 0) is 4.79 Å². The van der Waals surface area contributed by atoms with E-state index >= 15 is 0 Å². The second-order valence-electron chi connectivity index (χ2n) is 3.99. The third-order valence-electron chi connectivity index (χ3n) is 2.56. The Labute approximate surface area is 117 Å². The number of aliphatic carboxylic acids is 1. The van der Waals surface area contributed by atoms with Gasteiger partial charge in [-0.15, -0.1) is 16.4 Å². The number of thioether (sulfide) groups is 1. The van der Waals surface area contributed by atoms with E-state index < -0.39 is 5.97 Å². The van der Waals surface area contributed by atoms with Gasteiger partial charge in [0.15, 0.2) is 5.16 Å². The van der Waals surface area contributed by atoms with E-state index in [0.717, 1.165) is 21.5 Å². The summed E-state index contributed by atoms with van der Waals surface area (Å²) in [5.41, 5.74) is -0.327. The first kappa shape index (κ1) is 13.9. The summed E-state index contributed by atoms with van der Waals surface area (Å²) in [6.45, 7) is 3.89. The number of thiophene rings is 1. The number of hydrogen-bond donors (Lipinski definition) is 2. The van der Waals surface area contributed by atoms with Crippen LogP contribution in [0.3, 0.4) is 0 Å². The van der Waals surface area contributed by atoms with Gasteiger partial charge in [-0.25, -0.2) is 9.89 Å². The van der Waals surface area contributed by atoms with Gasteiger partial charge in [0.05, 0.1) is 11.8 Å². The Bertz CT molecular complexity index is 644. The summed E-state index contributed by atoms with van der Waals surface area (Å²) in [5, 5.41) is 15.3. The molecule has 0 saturated carbocycles. The maximum Gasteiger partial charge on any atom is 0.344 e. The Balaban J connectivity index is 2.30. The Kier molecular flexibility index (Phi) is 4.11. The normalized spacial score (nSPS) is 12.5. The summed E-state index contributed by atoms with van der Waals surface area (Å²) in [6.07, 6.45) is 0. The molecule has 0 fully saturated rings. The predicted octanol–water partition coefficient (Wildman–Crippen LogP) is 1.73. The fraction of sp³-hybridized carbons (Fsp3) is 0.364. The zero-order valence-corrected chi connectivity index (χ0v) is 12.0. The summed E-state index contributed by atoms with van der Waals surface area (Å²) >= 11 is 2.64. The van der Waals surface area contributed by atoms with Crippen LogP contribution >= 0.6 is 23.1 Å². The molecule has 19 heavy (non-hydrogen) atoms. The smallest absolute Gasteiger partial charge is 0.344 e. The second kappa shape index (κ2) is 5.62. The molecule has 102 valence electrons. The Morgan fingerprint density at radius 3 is 2.95 bits per heavy atom. The van der Waals surface area contributed by atoms with E-state index in [4.69, 9.17) is 5.11 Å². The molecule has 0 aromatic carbocycles. The van der Waals surface area contributed by atoms with Crippen molar-refractivity contribution in [3.8, 4) is 0 Å². The van der Waals surface area contributed by atoms with E-state index in [1.807, 2.05) is 26.0 Å². The molecule has 8 heteroatoms. The minimum absolute atomic E-state index is 0.125. The van der Waals surface area contributed by atoms with Crippen molar-refractivity contribution in [3.63, 3.8) is 0 Å². The number of hydrogen-bond acceptors (Lipinski definition) is 5. The number of carbonyl (C=O) groups is 1. The molecule has 6 nitrogen and oxygen atoms in total. The molecule has 2 N–H and O–H groups in total. The van der Waals surface area contributed by atoms with E-state index in [-0.39, 0.29) is 17.5 Å². The lowest BCUT2D eigenvalue weighted by Gasteiger charge is -2.11. The SMILES string of the molecule is Cc1ccc(C(C)n2c(SCC(=O)O)n[nH]c2=O)s1. The lowest BCUT2D eigenvalue weighted by atomic mass is 10.3. The van der Waals surface area contributed by atoms with Crippen LogP contribution in [0.15, 0.2) is 22.1 Å². The first-order chi connectivity index (χ1) is 8.99. The van der Waals surface area contributed by atoms with Crippen molar-refractivity contribution < 1.29 is 9.90 Å². The van der Waals surface area contributed by atoms with Crippen LogP contribution < -0.4 is 5.69 Å². The zero-order valence-electron chi connectivity index (χ0n) is 10.4. The maximum absolute atomic E-state index is 11.8. The van der Waals surface area contributed by atoms with Gasteiger partial charge in [-0.2, -0.15) is 0 Å². The number of nitrogens with zero attached hydrogens (tertiary/aromatic N) is 2. The first-order valence-electron chi connectivity index (χ1n) is 5.57. The van der Waals surface area contributed by atoms with Crippen molar-refractivity contribution in [2.45, 2.75) is 25.0 Å². The average Bonchev–Trinajstić information content (AvgIpc) is 2.92.